The van der Waals surface area contributed by atoms with Crippen molar-refractivity contribution in [1.29, 1.82) is 0 Å². The molecule has 0 unspecified atom stereocenters. The van der Waals surface area contributed by atoms with Gasteiger partial charge in [-0.15, -0.1) is 0 Å². The summed E-state index contributed by atoms with van der Waals surface area (Å²) in [5.74, 6) is 1.52. The van der Waals surface area contributed by atoms with Crippen LogP contribution < -0.4 is 26.1 Å². The molecule has 0 amide bonds. The molecule has 0 atom stereocenters. The van der Waals surface area contributed by atoms with Gasteiger partial charge in [-0.3, -0.25) is 9.78 Å². The smallest absolute Gasteiger partial charge is 0.252 e. The number of benzene rings is 2. The van der Waals surface area contributed by atoms with Crippen LogP contribution in [0.15, 0.2) is 64.4 Å². The summed E-state index contributed by atoms with van der Waals surface area (Å²) in [5.41, 5.74) is 7.67. The van der Waals surface area contributed by atoms with Crippen molar-refractivity contribution in [3.05, 3.63) is 65.0 Å². The predicted molar refractivity (Wildman–Crippen MR) is 103 cm³/mol. The number of anilines is 1. The Hall–Kier alpha value is -3.81. The quantitative estimate of drug-likeness (QED) is 0.486. The van der Waals surface area contributed by atoms with Gasteiger partial charge in [0.15, 0.2) is 11.5 Å². The second kappa shape index (κ2) is 7.20. The fourth-order valence-electron chi connectivity index (χ4n) is 2.67. The number of nitrogens with two attached hydrogens (primary N) is 1. The Bertz CT molecular complexity index is 1050. The van der Waals surface area contributed by atoms with E-state index in [1.165, 1.54) is 6.07 Å². The first-order valence-corrected chi connectivity index (χ1v) is 8.35. The zero-order valence-electron chi connectivity index (χ0n) is 14.3. The summed E-state index contributed by atoms with van der Waals surface area (Å²) in [5, 5.41) is 2.95. The summed E-state index contributed by atoms with van der Waals surface area (Å²) in [6.07, 6.45) is 0. The molecule has 4 rings (SSSR count). The number of fused-ring (bicyclic) bond motifs is 1. The first-order valence-electron chi connectivity index (χ1n) is 8.35. The van der Waals surface area contributed by atoms with E-state index >= 15 is 0 Å². The SMILES string of the molecule is N/C(=N\c1nc(-c2ccccc2)cc(=O)[nH]1)Nc1ccc2c(c1)OCCO2. The number of guanidine groups is 1. The van der Waals surface area contributed by atoms with Gasteiger partial charge in [0.25, 0.3) is 5.56 Å². The number of hydrogen-bond acceptors (Lipinski definition) is 5. The molecule has 136 valence electrons. The van der Waals surface area contributed by atoms with Crippen LogP contribution in [0.1, 0.15) is 0 Å². The minimum atomic E-state index is -0.310. The molecule has 0 radical (unpaired) electrons. The topological polar surface area (TPSA) is 115 Å². The molecule has 1 aliphatic heterocycles. The summed E-state index contributed by atoms with van der Waals surface area (Å²) in [7, 11) is 0. The molecule has 8 nitrogen and oxygen atoms in total. The van der Waals surface area contributed by atoms with Crippen molar-refractivity contribution in [3.8, 4) is 22.8 Å². The van der Waals surface area contributed by atoms with Crippen LogP contribution in [0.2, 0.25) is 0 Å². The molecule has 8 heteroatoms. The zero-order chi connectivity index (χ0) is 18.6. The molecule has 0 bridgehead atoms. The highest BCUT2D eigenvalue weighted by Gasteiger charge is 2.12. The third-order valence-corrected chi connectivity index (χ3v) is 3.84. The lowest BCUT2D eigenvalue weighted by atomic mass is 10.1. The van der Waals surface area contributed by atoms with Gasteiger partial charge in [-0.25, -0.2) is 4.98 Å². The summed E-state index contributed by atoms with van der Waals surface area (Å²) in [4.78, 5) is 23.0. The number of nitrogens with zero attached hydrogens (tertiary/aromatic N) is 2. The highest BCUT2D eigenvalue weighted by molar-refractivity contribution is 5.93. The van der Waals surface area contributed by atoms with E-state index in [0.29, 0.717) is 36.1 Å². The van der Waals surface area contributed by atoms with Crippen LogP contribution in [-0.4, -0.2) is 29.1 Å². The summed E-state index contributed by atoms with van der Waals surface area (Å²) < 4.78 is 11.0. The largest absolute Gasteiger partial charge is 0.486 e. The number of nitrogens with one attached hydrogen (secondary N) is 2. The van der Waals surface area contributed by atoms with E-state index in [1.807, 2.05) is 30.3 Å². The van der Waals surface area contributed by atoms with E-state index in [1.54, 1.807) is 18.2 Å². The number of aliphatic imine (C=N–C) groups is 1. The normalized spacial score (nSPS) is 13.3. The van der Waals surface area contributed by atoms with Gasteiger partial charge in [0.05, 0.1) is 5.69 Å². The Labute approximate surface area is 154 Å². The standard InChI is InChI=1S/C19H17N5O3/c20-18(21-13-6-7-15-16(10-13)27-9-8-26-15)24-19-22-14(11-17(25)23-19)12-4-2-1-3-5-12/h1-7,10-11H,8-9H2,(H4,20,21,22,23,24,25). The summed E-state index contributed by atoms with van der Waals surface area (Å²) in [6, 6.07) is 16.2. The first kappa shape index (κ1) is 16.6. The maximum Gasteiger partial charge on any atom is 0.252 e. The molecule has 2 heterocycles. The first-order chi connectivity index (χ1) is 13.2. The van der Waals surface area contributed by atoms with Gasteiger partial charge in [-0.2, -0.15) is 4.99 Å². The lowest BCUT2D eigenvalue weighted by Gasteiger charge is -2.19. The van der Waals surface area contributed by atoms with Gasteiger partial charge in [-0.05, 0) is 12.1 Å². The van der Waals surface area contributed by atoms with Crippen molar-refractivity contribution < 1.29 is 9.47 Å². The minimum absolute atomic E-state index is 0.0834. The van der Waals surface area contributed by atoms with Crippen molar-refractivity contribution in [1.82, 2.24) is 9.97 Å². The number of H-pyrrole nitrogens is 1. The molecule has 1 aromatic heterocycles. The van der Waals surface area contributed by atoms with E-state index < -0.39 is 0 Å². The van der Waals surface area contributed by atoms with Crippen LogP contribution in [0.25, 0.3) is 11.3 Å². The molecule has 0 saturated heterocycles. The van der Waals surface area contributed by atoms with Crippen LogP contribution in [0, 0.1) is 0 Å². The molecule has 0 saturated carbocycles. The second-order valence-electron chi connectivity index (χ2n) is 5.80. The molecular weight excluding hydrogens is 346 g/mol. The Kier molecular flexibility index (Phi) is 4.44. The van der Waals surface area contributed by atoms with Crippen LogP contribution >= 0.6 is 0 Å². The lowest BCUT2D eigenvalue weighted by molar-refractivity contribution is 0.171. The van der Waals surface area contributed by atoms with E-state index in [9.17, 15) is 4.79 Å². The number of aromatic amines is 1. The average Bonchev–Trinajstić information content (AvgIpc) is 2.68. The minimum Gasteiger partial charge on any atom is -0.486 e. The summed E-state index contributed by atoms with van der Waals surface area (Å²) in [6.45, 7) is 1.03. The van der Waals surface area contributed by atoms with Crippen LogP contribution in [0.3, 0.4) is 0 Å². The van der Waals surface area contributed by atoms with Gasteiger partial charge in [0.2, 0.25) is 11.9 Å². The molecule has 27 heavy (non-hydrogen) atoms. The van der Waals surface area contributed by atoms with E-state index in [-0.39, 0.29) is 17.5 Å². The van der Waals surface area contributed by atoms with Crippen molar-refractivity contribution >= 4 is 17.6 Å². The average molecular weight is 363 g/mol. The molecule has 0 spiro atoms. The maximum absolute atomic E-state index is 11.9. The van der Waals surface area contributed by atoms with E-state index in [0.717, 1.165) is 5.56 Å². The molecular formula is C19H17N5O3. The number of rotatable bonds is 3. The van der Waals surface area contributed by atoms with Crippen LogP contribution in [-0.2, 0) is 0 Å². The number of hydrogen-bond donors (Lipinski definition) is 3. The third kappa shape index (κ3) is 3.90. The Morgan fingerprint density at radius 2 is 1.85 bits per heavy atom. The van der Waals surface area contributed by atoms with Crippen molar-refractivity contribution in [3.63, 3.8) is 0 Å². The van der Waals surface area contributed by atoms with Gasteiger partial charge >= 0.3 is 0 Å². The Morgan fingerprint density at radius 1 is 1.07 bits per heavy atom. The Morgan fingerprint density at radius 3 is 2.67 bits per heavy atom. The van der Waals surface area contributed by atoms with Gasteiger partial charge in [-0.1, -0.05) is 30.3 Å². The van der Waals surface area contributed by atoms with Crippen LogP contribution in [0.5, 0.6) is 11.5 Å². The highest BCUT2D eigenvalue weighted by Crippen LogP contribution is 2.32. The molecule has 3 aromatic rings. The van der Waals surface area contributed by atoms with E-state index in [4.69, 9.17) is 15.2 Å². The number of aromatic nitrogens is 2. The Balaban J connectivity index is 1.58. The predicted octanol–water partition coefficient (Wildman–Crippen LogP) is 2.27. The maximum atomic E-state index is 11.9. The lowest BCUT2D eigenvalue weighted by Crippen LogP contribution is -2.23. The molecule has 2 aromatic carbocycles. The van der Waals surface area contributed by atoms with Gasteiger partial charge in [0.1, 0.15) is 13.2 Å². The van der Waals surface area contributed by atoms with Crippen LogP contribution in [0.4, 0.5) is 11.6 Å². The second-order valence-corrected chi connectivity index (χ2v) is 5.80. The van der Waals surface area contributed by atoms with Gasteiger partial charge < -0.3 is 20.5 Å². The number of ether oxygens (including phenoxy) is 2. The van der Waals surface area contributed by atoms with Crippen molar-refractivity contribution in [2.24, 2.45) is 10.7 Å². The molecule has 1 aliphatic rings. The highest BCUT2D eigenvalue weighted by atomic mass is 16.6. The molecule has 0 fully saturated rings. The third-order valence-electron chi connectivity index (χ3n) is 3.84. The van der Waals surface area contributed by atoms with E-state index in [2.05, 4.69) is 20.3 Å². The molecule has 0 aliphatic carbocycles. The fraction of sp³-hybridized carbons (Fsp3) is 0.105. The monoisotopic (exact) mass is 363 g/mol. The van der Waals surface area contributed by atoms with Crippen molar-refractivity contribution in [2.45, 2.75) is 0 Å². The van der Waals surface area contributed by atoms with Crippen molar-refractivity contribution in [2.75, 3.05) is 18.5 Å². The van der Waals surface area contributed by atoms with Gasteiger partial charge in [0, 0.05) is 23.4 Å². The zero-order valence-corrected chi connectivity index (χ0v) is 14.3. The molecule has 4 N–H and O–H groups in total. The fourth-order valence-corrected chi connectivity index (χ4v) is 2.67. The summed E-state index contributed by atoms with van der Waals surface area (Å²) >= 11 is 0.